The number of nitrogens with zero attached hydrogens (tertiary/aromatic N) is 2. The lowest BCUT2D eigenvalue weighted by Crippen LogP contribution is -2.52. The molecule has 3 aromatic rings. The van der Waals surface area contributed by atoms with Crippen molar-refractivity contribution in [2.24, 2.45) is 0 Å². The third-order valence-corrected chi connectivity index (χ3v) is 9.03. The molecular formula is C30H35Cl2N3O4S. The Labute approximate surface area is 247 Å². The number of anilines is 1. The molecule has 0 saturated carbocycles. The van der Waals surface area contributed by atoms with Gasteiger partial charge in [-0.05, 0) is 73.7 Å². The molecule has 0 spiro atoms. The third kappa shape index (κ3) is 7.56. The minimum absolute atomic E-state index is 0.0415. The number of benzene rings is 3. The summed E-state index contributed by atoms with van der Waals surface area (Å²) >= 11 is 12.3. The fraction of sp³-hybridized carbons (Fsp3) is 0.333. The largest absolute Gasteiger partial charge is 0.354 e. The lowest BCUT2D eigenvalue weighted by molar-refractivity contribution is -0.140. The second kappa shape index (κ2) is 14.0. The first-order chi connectivity index (χ1) is 19.0. The van der Waals surface area contributed by atoms with Crippen molar-refractivity contribution in [1.29, 1.82) is 0 Å². The number of sulfonamides is 1. The molecule has 0 heterocycles. The predicted octanol–water partition coefficient (Wildman–Crippen LogP) is 6.14. The molecule has 10 heteroatoms. The molecule has 0 aliphatic rings. The van der Waals surface area contributed by atoms with Crippen LogP contribution in [-0.2, 0) is 26.2 Å². The Morgan fingerprint density at radius 3 is 2.25 bits per heavy atom. The van der Waals surface area contributed by atoms with Gasteiger partial charge in [0.05, 0.1) is 20.6 Å². The van der Waals surface area contributed by atoms with Crippen molar-refractivity contribution >= 4 is 50.7 Å². The van der Waals surface area contributed by atoms with Gasteiger partial charge in [0.25, 0.3) is 10.0 Å². The van der Waals surface area contributed by atoms with Gasteiger partial charge in [-0.25, -0.2) is 8.42 Å². The molecule has 0 fully saturated rings. The summed E-state index contributed by atoms with van der Waals surface area (Å²) in [5.74, 6) is -0.827. The van der Waals surface area contributed by atoms with Crippen LogP contribution in [0.1, 0.15) is 43.4 Å². The molecule has 40 heavy (non-hydrogen) atoms. The van der Waals surface area contributed by atoms with E-state index in [1.165, 1.54) is 17.0 Å². The highest BCUT2D eigenvalue weighted by atomic mass is 35.5. The number of aryl methyl sites for hydroxylation is 2. The van der Waals surface area contributed by atoms with Crippen LogP contribution < -0.4 is 9.62 Å². The summed E-state index contributed by atoms with van der Waals surface area (Å²) in [7, 11) is -4.13. The molecule has 7 nitrogen and oxygen atoms in total. The highest BCUT2D eigenvalue weighted by Crippen LogP contribution is 2.29. The summed E-state index contributed by atoms with van der Waals surface area (Å²) < 4.78 is 29.0. The van der Waals surface area contributed by atoms with Crippen LogP contribution in [0.3, 0.4) is 0 Å². The molecule has 1 N–H and O–H groups in total. The highest BCUT2D eigenvalue weighted by Gasteiger charge is 2.34. The van der Waals surface area contributed by atoms with E-state index in [0.29, 0.717) is 39.8 Å². The molecule has 3 aromatic carbocycles. The van der Waals surface area contributed by atoms with E-state index >= 15 is 0 Å². The minimum Gasteiger partial charge on any atom is -0.354 e. The van der Waals surface area contributed by atoms with Crippen molar-refractivity contribution in [2.45, 2.75) is 58.0 Å². The van der Waals surface area contributed by atoms with Crippen LogP contribution in [0, 0.1) is 13.8 Å². The lowest BCUT2D eigenvalue weighted by Gasteiger charge is -2.33. The summed E-state index contributed by atoms with van der Waals surface area (Å²) in [5, 5.41) is 3.56. The Kier molecular flexibility index (Phi) is 11.0. The van der Waals surface area contributed by atoms with Gasteiger partial charge < -0.3 is 10.2 Å². The molecule has 0 aromatic heterocycles. The van der Waals surface area contributed by atoms with Crippen molar-refractivity contribution in [1.82, 2.24) is 10.2 Å². The van der Waals surface area contributed by atoms with Crippen molar-refractivity contribution in [3.63, 3.8) is 0 Å². The average molecular weight is 605 g/mol. The number of hydrogen-bond acceptors (Lipinski definition) is 4. The Hall–Kier alpha value is -3.07. The van der Waals surface area contributed by atoms with Crippen LogP contribution in [0.15, 0.2) is 71.6 Å². The topological polar surface area (TPSA) is 86.8 Å². The summed E-state index contributed by atoms with van der Waals surface area (Å²) in [6, 6.07) is 17.6. The van der Waals surface area contributed by atoms with E-state index in [-0.39, 0.29) is 17.3 Å². The first-order valence-electron chi connectivity index (χ1n) is 13.2. The van der Waals surface area contributed by atoms with Crippen molar-refractivity contribution in [3.05, 3.63) is 93.5 Å². The number of amides is 2. The molecule has 1 atom stereocenters. The summed E-state index contributed by atoms with van der Waals surface area (Å²) in [4.78, 5) is 28.8. The fourth-order valence-corrected chi connectivity index (χ4v) is 6.15. The van der Waals surface area contributed by atoms with E-state index in [1.807, 2.05) is 32.9 Å². The van der Waals surface area contributed by atoms with Crippen LogP contribution >= 0.6 is 23.2 Å². The highest BCUT2D eigenvalue weighted by molar-refractivity contribution is 7.92. The molecule has 0 radical (unpaired) electrons. The summed E-state index contributed by atoms with van der Waals surface area (Å²) in [6.45, 7) is 7.42. The van der Waals surface area contributed by atoms with Gasteiger partial charge in [-0.2, -0.15) is 0 Å². The Bertz CT molecular complexity index is 1450. The molecule has 214 valence electrons. The molecular weight excluding hydrogens is 569 g/mol. The van der Waals surface area contributed by atoms with Crippen LogP contribution in [0.25, 0.3) is 0 Å². The van der Waals surface area contributed by atoms with Crippen LogP contribution in [0.4, 0.5) is 5.69 Å². The average Bonchev–Trinajstić information content (AvgIpc) is 2.94. The molecule has 3 rings (SSSR count). The maximum Gasteiger partial charge on any atom is 0.264 e. The Morgan fingerprint density at radius 1 is 0.925 bits per heavy atom. The standard InChI is InChI=1S/C30H35Cl2N3O4S/c1-5-16-33-30(37)27(6-2)34(19-23-14-15-25(31)26(32)18-23)29(36)20-35(28-17-21(3)12-13-22(28)4)40(38,39)24-10-8-7-9-11-24/h7-15,17-18,27H,5-6,16,19-20H2,1-4H3,(H,33,37)/t27-/m0/s1. The molecule has 0 saturated heterocycles. The zero-order valence-corrected chi connectivity index (χ0v) is 25.5. The van der Waals surface area contributed by atoms with Gasteiger partial charge in [-0.3, -0.25) is 13.9 Å². The molecule has 0 aliphatic heterocycles. The first kappa shape index (κ1) is 31.5. The van der Waals surface area contributed by atoms with E-state index in [4.69, 9.17) is 23.2 Å². The first-order valence-corrected chi connectivity index (χ1v) is 15.3. The number of hydrogen-bond donors (Lipinski definition) is 1. The fourth-order valence-electron chi connectivity index (χ4n) is 4.34. The zero-order valence-electron chi connectivity index (χ0n) is 23.2. The Morgan fingerprint density at radius 2 is 1.62 bits per heavy atom. The van der Waals surface area contributed by atoms with Gasteiger partial charge >= 0.3 is 0 Å². The maximum atomic E-state index is 14.1. The van der Waals surface area contributed by atoms with Crippen LogP contribution in [0.5, 0.6) is 0 Å². The second-order valence-electron chi connectivity index (χ2n) is 9.60. The van der Waals surface area contributed by atoms with Crippen LogP contribution in [-0.4, -0.2) is 44.3 Å². The Balaban J connectivity index is 2.09. The van der Waals surface area contributed by atoms with Gasteiger partial charge in [0.15, 0.2) is 0 Å². The normalized spacial score (nSPS) is 12.1. The monoisotopic (exact) mass is 603 g/mol. The number of carbonyl (C=O) groups is 2. The summed E-state index contributed by atoms with van der Waals surface area (Å²) in [5.41, 5.74) is 2.60. The van der Waals surface area contributed by atoms with Gasteiger partial charge in [0.2, 0.25) is 11.8 Å². The number of carbonyl (C=O) groups excluding carboxylic acids is 2. The number of nitrogens with one attached hydrogen (secondary N) is 1. The minimum atomic E-state index is -4.13. The third-order valence-electron chi connectivity index (χ3n) is 6.52. The van der Waals surface area contributed by atoms with Crippen molar-refractivity contribution < 1.29 is 18.0 Å². The van der Waals surface area contributed by atoms with Gasteiger partial charge in [-0.1, -0.05) is 73.4 Å². The van der Waals surface area contributed by atoms with Crippen LogP contribution in [0.2, 0.25) is 10.0 Å². The smallest absolute Gasteiger partial charge is 0.264 e. The molecule has 0 aliphatic carbocycles. The predicted molar refractivity (Wildman–Crippen MR) is 161 cm³/mol. The maximum absolute atomic E-state index is 14.1. The summed E-state index contributed by atoms with van der Waals surface area (Å²) in [6.07, 6.45) is 1.07. The van der Waals surface area contributed by atoms with E-state index in [2.05, 4.69) is 5.32 Å². The number of halogens is 2. The van der Waals surface area contributed by atoms with E-state index in [9.17, 15) is 18.0 Å². The van der Waals surface area contributed by atoms with Crippen molar-refractivity contribution in [2.75, 3.05) is 17.4 Å². The van der Waals surface area contributed by atoms with E-state index in [0.717, 1.165) is 16.3 Å². The quantitative estimate of drug-likeness (QED) is 0.269. The molecule has 0 bridgehead atoms. The van der Waals surface area contributed by atoms with Gasteiger partial charge in [-0.15, -0.1) is 0 Å². The van der Waals surface area contributed by atoms with Gasteiger partial charge in [0, 0.05) is 13.1 Å². The van der Waals surface area contributed by atoms with E-state index in [1.54, 1.807) is 49.4 Å². The second-order valence-corrected chi connectivity index (χ2v) is 12.3. The number of rotatable bonds is 12. The zero-order chi connectivity index (χ0) is 29.4. The van der Waals surface area contributed by atoms with Gasteiger partial charge in [0.1, 0.15) is 12.6 Å². The molecule has 2 amide bonds. The van der Waals surface area contributed by atoms with E-state index < -0.39 is 28.5 Å². The lowest BCUT2D eigenvalue weighted by atomic mass is 10.1. The molecule has 0 unspecified atom stereocenters. The SMILES string of the molecule is CCCNC(=O)[C@H](CC)N(Cc1ccc(Cl)c(Cl)c1)C(=O)CN(c1cc(C)ccc1C)S(=O)(=O)c1ccccc1. The van der Waals surface area contributed by atoms with Crippen molar-refractivity contribution in [3.8, 4) is 0 Å².